The molecule has 1 aromatic heterocycles. The van der Waals surface area contributed by atoms with Crippen LogP contribution in [-0.2, 0) is 35.1 Å². The largest absolute Gasteiger partial charge is 0.467 e. The van der Waals surface area contributed by atoms with Gasteiger partial charge in [0.15, 0.2) is 12.1 Å². The fourth-order valence-electron chi connectivity index (χ4n) is 4.08. The van der Waals surface area contributed by atoms with E-state index in [1.807, 2.05) is 50.2 Å². The lowest BCUT2D eigenvalue weighted by atomic mass is 10.0. The summed E-state index contributed by atoms with van der Waals surface area (Å²) in [4.78, 5) is 17.6. The molecule has 0 bridgehead atoms. The molecule has 8 nitrogen and oxygen atoms in total. The van der Waals surface area contributed by atoms with E-state index in [-0.39, 0.29) is 0 Å². The first-order valence-electron chi connectivity index (χ1n) is 9.94. The second-order valence-corrected chi connectivity index (χ2v) is 7.87. The molecule has 0 aliphatic carbocycles. The highest BCUT2D eigenvalue weighted by Crippen LogP contribution is 2.45. The monoisotopic (exact) mass is 417 g/mol. The van der Waals surface area contributed by atoms with Crippen molar-refractivity contribution in [3.05, 3.63) is 60.1 Å². The molecule has 2 aliphatic rings. The summed E-state index contributed by atoms with van der Waals surface area (Å²) < 4.78 is 29.6. The van der Waals surface area contributed by atoms with Crippen molar-refractivity contribution in [1.82, 2.24) is 5.06 Å². The lowest BCUT2D eigenvalue weighted by Gasteiger charge is -2.34. The van der Waals surface area contributed by atoms with Gasteiger partial charge in [0.2, 0.25) is 0 Å². The number of hydrogen-bond donors (Lipinski definition) is 0. The number of methoxy groups -OCH3 is 1. The molecule has 0 saturated carbocycles. The quantitative estimate of drug-likeness (QED) is 0.636. The van der Waals surface area contributed by atoms with Gasteiger partial charge in [-0.15, -0.1) is 5.06 Å². The fourth-order valence-corrected chi connectivity index (χ4v) is 4.08. The Labute approximate surface area is 175 Å². The van der Waals surface area contributed by atoms with E-state index in [0.717, 1.165) is 5.56 Å². The summed E-state index contributed by atoms with van der Waals surface area (Å²) in [6.45, 7) is 5.41. The second-order valence-electron chi connectivity index (χ2n) is 7.87. The van der Waals surface area contributed by atoms with Gasteiger partial charge in [0, 0.05) is 14.0 Å². The molecule has 0 radical (unpaired) electrons. The van der Waals surface area contributed by atoms with Crippen molar-refractivity contribution in [2.75, 3.05) is 7.11 Å². The van der Waals surface area contributed by atoms with Gasteiger partial charge in [-0.25, -0.2) is 0 Å². The van der Waals surface area contributed by atoms with E-state index < -0.39 is 42.4 Å². The molecule has 5 atom stereocenters. The van der Waals surface area contributed by atoms with Gasteiger partial charge in [0.1, 0.15) is 30.1 Å². The maximum absolute atomic E-state index is 12.0. The average Bonchev–Trinajstić information content (AvgIpc) is 3.39. The Balaban J connectivity index is 1.70. The maximum Gasteiger partial charge on any atom is 0.322 e. The van der Waals surface area contributed by atoms with Crippen LogP contribution in [0.2, 0.25) is 0 Å². The SMILES string of the molecule is CO[C@H]1O[C@H]([C@@H](c2ccco2)N(Cc2ccccc2)OC(C)=O)[C@@H]2OC(C)(C)O[C@H]12. The molecular formula is C22H27NO7. The van der Waals surface area contributed by atoms with Crippen LogP contribution in [0.5, 0.6) is 0 Å². The van der Waals surface area contributed by atoms with Crippen LogP contribution in [0.4, 0.5) is 0 Å². The third kappa shape index (κ3) is 4.28. The molecule has 0 amide bonds. The molecule has 8 heteroatoms. The summed E-state index contributed by atoms with van der Waals surface area (Å²) in [5, 5.41) is 1.57. The number of furan rings is 1. The highest BCUT2D eigenvalue weighted by atomic mass is 16.8. The summed E-state index contributed by atoms with van der Waals surface area (Å²) >= 11 is 0. The van der Waals surface area contributed by atoms with E-state index in [9.17, 15) is 4.79 Å². The molecule has 4 rings (SSSR count). The Morgan fingerprint density at radius 1 is 1.13 bits per heavy atom. The molecule has 30 heavy (non-hydrogen) atoms. The van der Waals surface area contributed by atoms with Gasteiger partial charge in [0.25, 0.3) is 0 Å². The number of fused-ring (bicyclic) bond motifs is 1. The molecule has 2 aromatic rings. The molecule has 2 saturated heterocycles. The molecule has 2 fully saturated rings. The van der Waals surface area contributed by atoms with Crippen LogP contribution in [0.3, 0.4) is 0 Å². The van der Waals surface area contributed by atoms with Crippen molar-refractivity contribution in [2.45, 2.75) is 63.7 Å². The topological polar surface area (TPSA) is 79.6 Å². The van der Waals surface area contributed by atoms with E-state index in [4.69, 9.17) is 28.2 Å². The first-order valence-corrected chi connectivity index (χ1v) is 9.94. The first-order chi connectivity index (χ1) is 14.4. The summed E-state index contributed by atoms with van der Waals surface area (Å²) in [6.07, 6.45) is -0.448. The Hall–Kier alpha value is -2.23. The van der Waals surface area contributed by atoms with Crippen LogP contribution >= 0.6 is 0 Å². The van der Waals surface area contributed by atoms with E-state index in [1.165, 1.54) is 6.92 Å². The molecule has 0 unspecified atom stereocenters. The average molecular weight is 417 g/mol. The number of nitrogens with zero attached hydrogens (tertiary/aromatic N) is 1. The van der Waals surface area contributed by atoms with Crippen LogP contribution in [0.25, 0.3) is 0 Å². The van der Waals surface area contributed by atoms with Crippen LogP contribution in [0.15, 0.2) is 53.1 Å². The number of carbonyl (C=O) groups excluding carboxylic acids is 1. The van der Waals surface area contributed by atoms with E-state index in [1.54, 1.807) is 24.5 Å². The predicted octanol–water partition coefficient (Wildman–Crippen LogP) is 3.19. The molecule has 1 aromatic carbocycles. The standard InChI is InChI=1S/C22H27NO7/c1-14(24)30-23(13-15-9-6-5-7-10-15)17(16-11-8-12-26-16)18-19-20(21(25-4)27-18)29-22(2,3)28-19/h5-12,17-21H,13H2,1-4H3/t17-,18-,19+,20+,21+/m1/s1. The van der Waals surface area contributed by atoms with Crippen molar-refractivity contribution in [3.8, 4) is 0 Å². The minimum absolute atomic E-state index is 0.338. The lowest BCUT2D eigenvalue weighted by Crippen LogP contribution is -2.43. The number of ether oxygens (including phenoxy) is 4. The Kier molecular flexibility index (Phi) is 5.95. The first kappa shape index (κ1) is 21.0. The van der Waals surface area contributed by atoms with Gasteiger partial charge >= 0.3 is 5.97 Å². The van der Waals surface area contributed by atoms with Crippen LogP contribution < -0.4 is 0 Å². The minimum Gasteiger partial charge on any atom is -0.467 e. The van der Waals surface area contributed by atoms with E-state index >= 15 is 0 Å². The summed E-state index contributed by atoms with van der Waals surface area (Å²) in [6, 6.07) is 12.8. The van der Waals surface area contributed by atoms with Gasteiger partial charge in [-0.05, 0) is 31.5 Å². The Morgan fingerprint density at radius 3 is 2.50 bits per heavy atom. The Morgan fingerprint density at radius 2 is 1.87 bits per heavy atom. The zero-order valence-electron chi connectivity index (χ0n) is 17.5. The second kappa shape index (κ2) is 8.49. The van der Waals surface area contributed by atoms with Crippen LogP contribution in [0.1, 0.15) is 38.1 Å². The minimum atomic E-state index is -0.784. The zero-order chi connectivity index (χ0) is 21.3. The molecule has 0 spiro atoms. The van der Waals surface area contributed by atoms with Gasteiger partial charge in [0.05, 0.1) is 12.8 Å². The summed E-state index contributed by atoms with van der Waals surface area (Å²) in [5.41, 5.74) is 0.970. The molecule has 0 N–H and O–H groups in total. The molecular weight excluding hydrogens is 390 g/mol. The van der Waals surface area contributed by atoms with Gasteiger partial charge in [-0.1, -0.05) is 30.3 Å². The van der Waals surface area contributed by atoms with E-state index in [0.29, 0.717) is 12.3 Å². The summed E-state index contributed by atoms with van der Waals surface area (Å²) in [7, 11) is 1.56. The maximum atomic E-state index is 12.0. The normalized spacial score (nSPS) is 28.4. The van der Waals surface area contributed by atoms with E-state index in [2.05, 4.69) is 0 Å². The lowest BCUT2D eigenvalue weighted by molar-refractivity contribution is -0.259. The Bertz CT molecular complexity index is 838. The number of benzene rings is 1. The number of hydrogen-bond acceptors (Lipinski definition) is 8. The van der Waals surface area contributed by atoms with Crippen molar-refractivity contribution in [3.63, 3.8) is 0 Å². The smallest absolute Gasteiger partial charge is 0.322 e. The fraction of sp³-hybridized carbons (Fsp3) is 0.500. The molecule has 2 aliphatic heterocycles. The predicted molar refractivity (Wildman–Crippen MR) is 105 cm³/mol. The number of hydroxylamine groups is 2. The van der Waals surface area contributed by atoms with Crippen molar-refractivity contribution in [2.24, 2.45) is 0 Å². The molecule has 3 heterocycles. The highest BCUT2D eigenvalue weighted by molar-refractivity contribution is 5.65. The van der Waals surface area contributed by atoms with Gasteiger partial charge < -0.3 is 28.2 Å². The van der Waals surface area contributed by atoms with Crippen LogP contribution in [-0.4, -0.2) is 48.5 Å². The van der Waals surface area contributed by atoms with Gasteiger partial charge in [-0.2, -0.15) is 0 Å². The third-order valence-corrected chi connectivity index (χ3v) is 5.16. The third-order valence-electron chi connectivity index (χ3n) is 5.16. The van der Waals surface area contributed by atoms with Crippen molar-refractivity contribution < 1.29 is 33.0 Å². The number of rotatable bonds is 7. The van der Waals surface area contributed by atoms with Crippen molar-refractivity contribution >= 4 is 5.97 Å². The zero-order valence-corrected chi connectivity index (χ0v) is 17.5. The van der Waals surface area contributed by atoms with Gasteiger partial charge in [-0.3, -0.25) is 4.79 Å². The molecule has 162 valence electrons. The van der Waals surface area contributed by atoms with Crippen molar-refractivity contribution in [1.29, 1.82) is 0 Å². The summed E-state index contributed by atoms with van der Waals surface area (Å²) in [5.74, 6) is -0.640. The van der Waals surface area contributed by atoms with Crippen LogP contribution in [0, 0.1) is 0 Å². The number of carbonyl (C=O) groups is 1. The highest BCUT2D eigenvalue weighted by Gasteiger charge is 2.59.